The highest BCUT2D eigenvalue weighted by molar-refractivity contribution is 5.98. The molecular weight excluding hydrogens is 404 g/mol. The summed E-state index contributed by atoms with van der Waals surface area (Å²) in [5.41, 5.74) is 2.68. The minimum Gasteiger partial charge on any atom is -0.497 e. The van der Waals surface area contributed by atoms with Crippen LogP contribution in [0.3, 0.4) is 0 Å². The summed E-state index contributed by atoms with van der Waals surface area (Å²) in [7, 11) is 3.25. The van der Waals surface area contributed by atoms with E-state index in [9.17, 15) is 9.59 Å². The Hall–Kier alpha value is -3.02. The molecule has 172 valence electrons. The summed E-state index contributed by atoms with van der Waals surface area (Å²) in [6, 6.07) is 13.4. The molecule has 0 aliphatic carbocycles. The van der Waals surface area contributed by atoms with Gasteiger partial charge in [-0.25, -0.2) is 0 Å². The van der Waals surface area contributed by atoms with E-state index in [1.807, 2.05) is 61.2 Å². The fourth-order valence-corrected chi connectivity index (χ4v) is 4.33. The minimum absolute atomic E-state index is 0.0341. The van der Waals surface area contributed by atoms with Crippen molar-refractivity contribution in [2.45, 2.75) is 64.5 Å². The summed E-state index contributed by atoms with van der Waals surface area (Å²) in [5, 5.41) is 3.11. The molecule has 0 aromatic heterocycles. The van der Waals surface area contributed by atoms with Gasteiger partial charge in [0.1, 0.15) is 11.5 Å². The van der Waals surface area contributed by atoms with Crippen molar-refractivity contribution >= 4 is 17.5 Å². The number of hydrogen-bond acceptors (Lipinski definition) is 4. The molecule has 3 rings (SSSR count). The standard InChI is InChI=1S/C26H34N2O4/c1-6-17(2)27-26(30)22-15-18(3)28(23-10-8-7-9-21(22)23)25(29)14-11-19-16-20(31-4)12-13-24(19)32-5/h7-10,12-13,16-18,22H,6,11,14-15H2,1-5H3,(H,27,30)/t17-,18-,22-/m0/s1. The van der Waals surface area contributed by atoms with Crippen molar-refractivity contribution in [2.24, 2.45) is 0 Å². The smallest absolute Gasteiger partial charge is 0.227 e. The molecule has 2 aromatic rings. The highest BCUT2D eigenvalue weighted by Crippen LogP contribution is 2.39. The number of carbonyl (C=O) groups is 2. The van der Waals surface area contributed by atoms with Crippen molar-refractivity contribution < 1.29 is 19.1 Å². The van der Waals surface area contributed by atoms with Crippen molar-refractivity contribution in [1.82, 2.24) is 5.32 Å². The third-order valence-electron chi connectivity index (χ3n) is 6.27. The summed E-state index contributed by atoms with van der Waals surface area (Å²) in [5.74, 6) is 1.30. The second-order valence-electron chi connectivity index (χ2n) is 8.46. The Balaban J connectivity index is 1.81. The van der Waals surface area contributed by atoms with Gasteiger partial charge in [0, 0.05) is 24.2 Å². The van der Waals surface area contributed by atoms with Gasteiger partial charge in [-0.1, -0.05) is 25.1 Å². The molecule has 0 spiro atoms. The number of anilines is 1. The lowest BCUT2D eigenvalue weighted by Crippen LogP contribution is -2.47. The number of aryl methyl sites for hydroxylation is 1. The maximum atomic E-state index is 13.4. The molecule has 1 aliphatic rings. The summed E-state index contributed by atoms with van der Waals surface area (Å²) in [4.78, 5) is 28.2. The molecule has 0 saturated carbocycles. The minimum atomic E-state index is -0.252. The van der Waals surface area contributed by atoms with E-state index in [0.717, 1.165) is 34.7 Å². The molecule has 1 heterocycles. The Bertz CT molecular complexity index is 959. The second kappa shape index (κ2) is 10.5. The third kappa shape index (κ3) is 5.06. The summed E-state index contributed by atoms with van der Waals surface area (Å²) >= 11 is 0. The van der Waals surface area contributed by atoms with Crippen LogP contribution in [0.5, 0.6) is 11.5 Å². The van der Waals surface area contributed by atoms with E-state index in [0.29, 0.717) is 19.3 Å². The number of amides is 2. The molecule has 2 aromatic carbocycles. The number of carbonyl (C=O) groups excluding carboxylic acids is 2. The van der Waals surface area contributed by atoms with E-state index < -0.39 is 0 Å². The van der Waals surface area contributed by atoms with Crippen molar-refractivity contribution in [3.8, 4) is 11.5 Å². The lowest BCUT2D eigenvalue weighted by molar-refractivity contribution is -0.124. The molecular formula is C26H34N2O4. The Labute approximate surface area is 190 Å². The quantitative estimate of drug-likeness (QED) is 0.661. The first-order valence-electron chi connectivity index (χ1n) is 11.3. The summed E-state index contributed by atoms with van der Waals surface area (Å²) in [6.45, 7) is 6.09. The predicted molar refractivity (Wildman–Crippen MR) is 127 cm³/mol. The van der Waals surface area contributed by atoms with Crippen LogP contribution in [0.1, 0.15) is 57.1 Å². The number of benzene rings is 2. The molecule has 1 aliphatic heterocycles. The number of nitrogens with one attached hydrogen (secondary N) is 1. The molecule has 3 atom stereocenters. The van der Waals surface area contributed by atoms with Crippen LogP contribution in [-0.2, 0) is 16.0 Å². The zero-order valence-electron chi connectivity index (χ0n) is 19.7. The molecule has 6 nitrogen and oxygen atoms in total. The van der Waals surface area contributed by atoms with E-state index >= 15 is 0 Å². The van der Waals surface area contributed by atoms with Crippen molar-refractivity contribution in [2.75, 3.05) is 19.1 Å². The lowest BCUT2D eigenvalue weighted by Gasteiger charge is -2.39. The maximum absolute atomic E-state index is 13.4. The topological polar surface area (TPSA) is 67.9 Å². The van der Waals surface area contributed by atoms with Crippen LogP contribution in [0.2, 0.25) is 0 Å². The van der Waals surface area contributed by atoms with Crippen LogP contribution in [0.25, 0.3) is 0 Å². The number of methoxy groups -OCH3 is 2. The SMILES string of the molecule is CC[C@H](C)NC(=O)[C@H]1C[C@H](C)N(C(=O)CCc2cc(OC)ccc2OC)c2ccccc21. The van der Waals surface area contributed by atoms with Gasteiger partial charge in [0.25, 0.3) is 0 Å². The van der Waals surface area contributed by atoms with Gasteiger partial charge in [-0.3, -0.25) is 9.59 Å². The highest BCUT2D eigenvalue weighted by atomic mass is 16.5. The summed E-state index contributed by atoms with van der Waals surface area (Å²) in [6.07, 6.45) is 2.37. The Morgan fingerprint density at radius 2 is 1.91 bits per heavy atom. The monoisotopic (exact) mass is 438 g/mol. The van der Waals surface area contributed by atoms with Gasteiger partial charge in [0.2, 0.25) is 11.8 Å². The van der Waals surface area contributed by atoms with Crippen molar-refractivity contribution in [3.63, 3.8) is 0 Å². The van der Waals surface area contributed by atoms with Crippen LogP contribution in [-0.4, -0.2) is 38.1 Å². The van der Waals surface area contributed by atoms with Gasteiger partial charge < -0.3 is 19.7 Å². The van der Waals surface area contributed by atoms with E-state index in [4.69, 9.17) is 9.47 Å². The first-order valence-corrected chi connectivity index (χ1v) is 11.3. The van der Waals surface area contributed by atoms with Crippen LogP contribution >= 0.6 is 0 Å². The Kier molecular flexibility index (Phi) is 7.78. The molecule has 0 radical (unpaired) electrons. The number of fused-ring (bicyclic) bond motifs is 1. The Morgan fingerprint density at radius 3 is 2.59 bits per heavy atom. The number of para-hydroxylation sites is 1. The lowest BCUT2D eigenvalue weighted by atomic mass is 9.85. The third-order valence-corrected chi connectivity index (χ3v) is 6.27. The second-order valence-corrected chi connectivity index (χ2v) is 8.46. The first-order chi connectivity index (χ1) is 15.4. The zero-order valence-corrected chi connectivity index (χ0v) is 19.7. The molecule has 0 saturated heterocycles. The fourth-order valence-electron chi connectivity index (χ4n) is 4.33. The molecule has 6 heteroatoms. The van der Waals surface area contributed by atoms with E-state index in [-0.39, 0.29) is 29.8 Å². The molecule has 1 N–H and O–H groups in total. The normalized spacial score (nSPS) is 18.5. The van der Waals surface area contributed by atoms with Crippen molar-refractivity contribution in [1.29, 1.82) is 0 Å². The average molecular weight is 439 g/mol. The van der Waals surface area contributed by atoms with Crippen LogP contribution in [0.15, 0.2) is 42.5 Å². The average Bonchev–Trinajstić information content (AvgIpc) is 2.81. The Morgan fingerprint density at radius 1 is 1.16 bits per heavy atom. The largest absolute Gasteiger partial charge is 0.497 e. The molecule has 32 heavy (non-hydrogen) atoms. The fraction of sp³-hybridized carbons (Fsp3) is 0.462. The number of ether oxygens (including phenoxy) is 2. The first kappa shape index (κ1) is 23.6. The van der Waals surface area contributed by atoms with E-state index in [1.165, 1.54) is 0 Å². The van der Waals surface area contributed by atoms with Crippen LogP contribution < -0.4 is 19.7 Å². The molecule has 0 unspecified atom stereocenters. The molecule has 2 amide bonds. The van der Waals surface area contributed by atoms with Gasteiger partial charge in [-0.15, -0.1) is 0 Å². The maximum Gasteiger partial charge on any atom is 0.227 e. The van der Waals surface area contributed by atoms with Crippen LogP contribution in [0.4, 0.5) is 5.69 Å². The number of rotatable bonds is 8. The van der Waals surface area contributed by atoms with Gasteiger partial charge in [0.05, 0.1) is 20.1 Å². The zero-order chi connectivity index (χ0) is 23.3. The predicted octanol–water partition coefficient (Wildman–Crippen LogP) is 4.46. The highest BCUT2D eigenvalue weighted by Gasteiger charge is 2.36. The molecule has 0 fully saturated rings. The summed E-state index contributed by atoms with van der Waals surface area (Å²) < 4.78 is 10.8. The number of hydrogen-bond donors (Lipinski definition) is 1. The van der Waals surface area contributed by atoms with Gasteiger partial charge >= 0.3 is 0 Å². The van der Waals surface area contributed by atoms with E-state index in [2.05, 4.69) is 12.2 Å². The number of nitrogens with zero attached hydrogens (tertiary/aromatic N) is 1. The molecule has 0 bridgehead atoms. The van der Waals surface area contributed by atoms with Crippen LogP contribution in [0, 0.1) is 0 Å². The van der Waals surface area contributed by atoms with Crippen molar-refractivity contribution in [3.05, 3.63) is 53.6 Å². The van der Waals surface area contributed by atoms with Gasteiger partial charge in [0.15, 0.2) is 0 Å². The van der Waals surface area contributed by atoms with Gasteiger partial charge in [-0.2, -0.15) is 0 Å². The van der Waals surface area contributed by atoms with Gasteiger partial charge in [-0.05, 0) is 68.5 Å². The van der Waals surface area contributed by atoms with E-state index in [1.54, 1.807) is 14.2 Å².